The van der Waals surface area contributed by atoms with E-state index in [2.05, 4.69) is 15.7 Å². The molecule has 0 unspecified atom stereocenters. The van der Waals surface area contributed by atoms with Crippen molar-refractivity contribution in [2.24, 2.45) is 7.05 Å². The minimum atomic E-state index is -0.354. The highest BCUT2D eigenvalue weighted by atomic mass is 35.5. The summed E-state index contributed by atoms with van der Waals surface area (Å²) in [5.41, 5.74) is 4.01. The quantitative estimate of drug-likeness (QED) is 0.649. The van der Waals surface area contributed by atoms with Gasteiger partial charge >= 0.3 is 6.03 Å². The van der Waals surface area contributed by atoms with Gasteiger partial charge in [-0.2, -0.15) is 5.10 Å². The van der Waals surface area contributed by atoms with E-state index in [1.165, 1.54) is 0 Å². The minimum absolute atomic E-state index is 0.354. The number of urea groups is 1. The van der Waals surface area contributed by atoms with E-state index in [0.29, 0.717) is 21.4 Å². The highest BCUT2D eigenvalue weighted by Crippen LogP contribution is 2.31. The summed E-state index contributed by atoms with van der Waals surface area (Å²) in [5, 5.41) is 10.8. The average Bonchev–Trinajstić information content (AvgIpc) is 2.88. The van der Waals surface area contributed by atoms with Crippen LogP contribution in [-0.2, 0) is 7.05 Å². The Labute approximate surface area is 155 Å². The van der Waals surface area contributed by atoms with Gasteiger partial charge in [0.15, 0.2) is 0 Å². The lowest BCUT2D eigenvalue weighted by Gasteiger charge is -2.12. The molecule has 2 aromatic carbocycles. The van der Waals surface area contributed by atoms with Gasteiger partial charge in [-0.1, -0.05) is 35.3 Å². The van der Waals surface area contributed by atoms with E-state index in [-0.39, 0.29) is 6.03 Å². The number of hydrogen-bond acceptors (Lipinski definition) is 2. The largest absolute Gasteiger partial charge is 0.323 e. The standard InChI is InChI=1S/C18H16Cl2N4O/c1-11-6-7-14(9-15(11)17-16(20)10-21-24(17)2)23-18(25)22-13-5-3-4-12(19)8-13/h3-10H,1-2H3,(H2,22,23,25). The molecule has 5 nitrogen and oxygen atoms in total. The van der Waals surface area contributed by atoms with Crippen LogP contribution < -0.4 is 10.6 Å². The van der Waals surface area contributed by atoms with Crippen molar-refractivity contribution in [3.05, 3.63) is 64.3 Å². The smallest absolute Gasteiger partial charge is 0.308 e. The first kappa shape index (κ1) is 17.3. The normalized spacial score (nSPS) is 10.6. The average molecular weight is 375 g/mol. The highest BCUT2D eigenvalue weighted by Gasteiger charge is 2.13. The minimum Gasteiger partial charge on any atom is -0.308 e. The number of rotatable bonds is 3. The molecule has 0 spiro atoms. The van der Waals surface area contributed by atoms with Crippen LogP contribution in [0.25, 0.3) is 11.3 Å². The van der Waals surface area contributed by atoms with Gasteiger partial charge in [-0.3, -0.25) is 4.68 Å². The summed E-state index contributed by atoms with van der Waals surface area (Å²) in [7, 11) is 1.83. The molecule has 2 amide bonds. The zero-order valence-electron chi connectivity index (χ0n) is 13.7. The summed E-state index contributed by atoms with van der Waals surface area (Å²) in [4.78, 5) is 12.2. The second-order valence-electron chi connectivity index (χ2n) is 5.58. The topological polar surface area (TPSA) is 59.0 Å². The number of benzene rings is 2. The number of anilines is 2. The van der Waals surface area contributed by atoms with Gasteiger partial charge in [0, 0.05) is 29.0 Å². The van der Waals surface area contributed by atoms with Crippen LogP contribution in [0, 0.1) is 6.92 Å². The number of aromatic nitrogens is 2. The van der Waals surface area contributed by atoms with E-state index in [4.69, 9.17) is 23.2 Å². The summed E-state index contributed by atoms with van der Waals surface area (Å²) >= 11 is 12.2. The van der Waals surface area contributed by atoms with Gasteiger partial charge in [0.25, 0.3) is 0 Å². The molecule has 0 aliphatic heterocycles. The third-order valence-corrected chi connectivity index (χ3v) is 4.24. The van der Waals surface area contributed by atoms with Crippen LogP contribution in [0.3, 0.4) is 0 Å². The molecule has 25 heavy (non-hydrogen) atoms. The Hall–Kier alpha value is -2.50. The first-order chi connectivity index (χ1) is 11.9. The van der Waals surface area contributed by atoms with Crippen molar-refractivity contribution in [3.8, 4) is 11.3 Å². The van der Waals surface area contributed by atoms with E-state index in [1.54, 1.807) is 35.1 Å². The molecular weight excluding hydrogens is 359 g/mol. The SMILES string of the molecule is Cc1ccc(NC(=O)Nc2cccc(Cl)c2)cc1-c1c(Cl)cnn1C. The molecular formula is C18H16Cl2N4O. The molecule has 1 heterocycles. The molecule has 0 aliphatic rings. The summed E-state index contributed by atoms with van der Waals surface area (Å²) in [6, 6.07) is 12.2. The van der Waals surface area contributed by atoms with Crippen LogP contribution in [0.1, 0.15) is 5.56 Å². The molecule has 0 fully saturated rings. The monoisotopic (exact) mass is 374 g/mol. The molecule has 0 saturated heterocycles. The van der Waals surface area contributed by atoms with Crippen molar-refractivity contribution in [3.63, 3.8) is 0 Å². The molecule has 0 saturated carbocycles. The lowest BCUT2D eigenvalue weighted by atomic mass is 10.0. The molecule has 3 rings (SSSR count). The van der Waals surface area contributed by atoms with Gasteiger partial charge in [0.05, 0.1) is 16.9 Å². The lowest BCUT2D eigenvalue weighted by Crippen LogP contribution is -2.19. The Morgan fingerprint density at radius 1 is 1.08 bits per heavy atom. The summed E-state index contributed by atoms with van der Waals surface area (Å²) in [5.74, 6) is 0. The number of carbonyl (C=O) groups is 1. The van der Waals surface area contributed by atoms with E-state index in [0.717, 1.165) is 16.8 Å². The van der Waals surface area contributed by atoms with Crippen molar-refractivity contribution >= 4 is 40.6 Å². The highest BCUT2D eigenvalue weighted by molar-refractivity contribution is 6.33. The van der Waals surface area contributed by atoms with Crippen molar-refractivity contribution in [2.75, 3.05) is 10.6 Å². The van der Waals surface area contributed by atoms with Crippen LogP contribution in [0.5, 0.6) is 0 Å². The first-order valence-electron chi connectivity index (χ1n) is 7.56. The van der Waals surface area contributed by atoms with Gasteiger partial charge < -0.3 is 10.6 Å². The molecule has 3 aromatic rings. The Bertz CT molecular complexity index is 917. The van der Waals surface area contributed by atoms with Gasteiger partial charge in [-0.15, -0.1) is 0 Å². The number of nitrogens with one attached hydrogen (secondary N) is 2. The van der Waals surface area contributed by atoms with E-state index in [9.17, 15) is 4.79 Å². The van der Waals surface area contributed by atoms with Crippen molar-refractivity contribution in [2.45, 2.75) is 6.92 Å². The predicted molar refractivity (Wildman–Crippen MR) is 102 cm³/mol. The molecule has 1 aromatic heterocycles. The Kier molecular flexibility index (Phi) is 4.97. The third-order valence-electron chi connectivity index (χ3n) is 3.73. The fraction of sp³-hybridized carbons (Fsp3) is 0.111. The second-order valence-corrected chi connectivity index (χ2v) is 6.43. The third kappa shape index (κ3) is 3.95. The van der Waals surface area contributed by atoms with Gasteiger partial charge in [-0.25, -0.2) is 4.79 Å². The van der Waals surface area contributed by atoms with E-state index >= 15 is 0 Å². The first-order valence-corrected chi connectivity index (χ1v) is 8.32. The number of halogens is 2. The van der Waals surface area contributed by atoms with E-state index < -0.39 is 0 Å². The number of carbonyl (C=O) groups excluding carboxylic acids is 1. The number of aryl methyl sites for hydroxylation is 2. The van der Waals surface area contributed by atoms with Gasteiger partial charge in [-0.05, 0) is 42.8 Å². The molecule has 2 N–H and O–H groups in total. The number of amides is 2. The van der Waals surface area contributed by atoms with Crippen LogP contribution in [0.15, 0.2) is 48.7 Å². The summed E-state index contributed by atoms with van der Waals surface area (Å²) in [6.07, 6.45) is 1.60. The fourth-order valence-corrected chi connectivity index (χ4v) is 2.99. The second kappa shape index (κ2) is 7.17. The zero-order valence-corrected chi connectivity index (χ0v) is 15.2. The fourth-order valence-electron chi connectivity index (χ4n) is 2.53. The van der Waals surface area contributed by atoms with Crippen molar-refractivity contribution in [1.29, 1.82) is 0 Å². The Balaban J connectivity index is 1.82. The van der Waals surface area contributed by atoms with E-state index in [1.807, 2.05) is 32.2 Å². The maximum Gasteiger partial charge on any atom is 0.323 e. The maximum atomic E-state index is 12.2. The molecule has 7 heteroatoms. The number of nitrogens with zero attached hydrogens (tertiary/aromatic N) is 2. The Morgan fingerprint density at radius 2 is 1.80 bits per heavy atom. The molecule has 0 atom stereocenters. The van der Waals surface area contributed by atoms with Crippen LogP contribution in [-0.4, -0.2) is 15.8 Å². The maximum absolute atomic E-state index is 12.2. The summed E-state index contributed by atoms with van der Waals surface area (Å²) < 4.78 is 1.71. The molecule has 128 valence electrons. The van der Waals surface area contributed by atoms with Gasteiger partial charge in [0.2, 0.25) is 0 Å². The van der Waals surface area contributed by atoms with Crippen LogP contribution >= 0.6 is 23.2 Å². The molecule has 0 radical (unpaired) electrons. The zero-order chi connectivity index (χ0) is 18.0. The molecule has 0 bridgehead atoms. The Morgan fingerprint density at radius 3 is 2.44 bits per heavy atom. The van der Waals surface area contributed by atoms with Crippen LogP contribution in [0.2, 0.25) is 10.0 Å². The van der Waals surface area contributed by atoms with Crippen LogP contribution in [0.4, 0.5) is 16.2 Å². The predicted octanol–water partition coefficient (Wildman–Crippen LogP) is 5.35. The van der Waals surface area contributed by atoms with Crippen molar-refractivity contribution < 1.29 is 4.79 Å². The van der Waals surface area contributed by atoms with Gasteiger partial charge in [0.1, 0.15) is 0 Å². The lowest BCUT2D eigenvalue weighted by molar-refractivity contribution is 0.262. The summed E-state index contributed by atoms with van der Waals surface area (Å²) in [6.45, 7) is 1.98. The number of hydrogen-bond donors (Lipinski definition) is 2. The molecule has 0 aliphatic carbocycles. The van der Waals surface area contributed by atoms with Crippen molar-refractivity contribution in [1.82, 2.24) is 9.78 Å².